The number of pyridine rings is 1. The SMILES string of the molecule is O[C@@H]1CCCC[C@H]1N1CCC(c2ccncc2)CC1. The van der Waals surface area contributed by atoms with Crippen molar-refractivity contribution in [1.29, 1.82) is 0 Å². The highest BCUT2D eigenvalue weighted by Gasteiger charge is 2.31. The zero-order valence-electron chi connectivity index (χ0n) is 11.5. The third kappa shape index (κ3) is 2.98. The van der Waals surface area contributed by atoms with Crippen LogP contribution in [0.4, 0.5) is 0 Å². The van der Waals surface area contributed by atoms with Gasteiger partial charge in [-0.3, -0.25) is 9.88 Å². The number of nitrogens with zero attached hydrogens (tertiary/aromatic N) is 2. The fourth-order valence-electron chi connectivity index (χ4n) is 3.72. The van der Waals surface area contributed by atoms with E-state index in [1.54, 1.807) is 0 Å². The summed E-state index contributed by atoms with van der Waals surface area (Å²) in [5.41, 5.74) is 1.43. The number of hydrogen-bond acceptors (Lipinski definition) is 3. The molecule has 0 amide bonds. The van der Waals surface area contributed by atoms with Crippen molar-refractivity contribution in [3.8, 4) is 0 Å². The third-order valence-electron chi connectivity index (χ3n) is 4.87. The molecule has 0 bridgehead atoms. The van der Waals surface area contributed by atoms with Crippen molar-refractivity contribution >= 4 is 0 Å². The molecule has 19 heavy (non-hydrogen) atoms. The van der Waals surface area contributed by atoms with Crippen LogP contribution in [0.25, 0.3) is 0 Å². The molecule has 2 fully saturated rings. The lowest BCUT2D eigenvalue weighted by Crippen LogP contribution is -2.48. The largest absolute Gasteiger partial charge is 0.391 e. The van der Waals surface area contributed by atoms with Gasteiger partial charge in [0.15, 0.2) is 0 Å². The highest BCUT2D eigenvalue weighted by Crippen LogP contribution is 2.31. The Morgan fingerprint density at radius 1 is 1.00 bits per heavy atom. The summed E-state index contributed by atoms with van der Waals surface area (Å²) in [6.07, 6.45) is 10.8. The van der Waals surface area contributed by atoms with E-state index in [0.29, 0.717) is 12.0 Å². The molecule has 1 saturated carbocycles. The minimum absolute atomic E-state index is 0.0915. The first kappa shape index (κ1) is 13.1. The summed E-state index contributed by atoms with van der Waals surface area (Å²) in [7, 11) is 0. The van der Waals surface area contributed by atoms with Gasteiger partial charge >= 0.3 is 0 Å². The van der Waals surface area contributed by atoms with Crippen LogP contribution in [0.2, 0.25) is 0 Å². The van der Waals surface area contributed by atoms with Crippen molar-refractivity contribution in [1.82, 2.24) is 9.88 Å². The van der Waals surface area contributed by atoms with E-state index in [0.717, 1.165) is 19.5 Å². The Morgan fingerprint density at radius 2 is 1.68 bits per heavy atom. The fraction of sp³-hybridized carbons (Fsp3) is 0.688. The lowest BCUT2D eigenvalue weighted by atomic mass is 9.86. The molecule has 1 N–H and O–H groups in total. The molecule has 3 rings (SSSR count). The second kappa shape index (κ2) is 6.02. The van der Waals surface area contributed by atoms with Gasteiger partial charge in [-0.25, -0.2) is 0 Å². The van der Waals surface area contributed by atoms with Crippen molar-refractivity contribution in [3.63, 3.8) is 0 Å². The molecule has 1 saturated heterocycles. The Labute approximate surface area is 115 Å². The zero-order chi connectivity index (χ0) is 13.1. The Bertz CT molecular complexity index is 387. The van der Waals surface area contributed by atoms with E-state index in [1.807, 2.05) is 12.4 Å². The molecule has 2 aliphatic rings. The summed E-state index contributed by atoms with van der Waals surface area (Å²) in [4.78, 5) is 6.62. The van der Waals surface area contributed by atoms with Crippen LogP contribution >= 0.6 is 0 Å². The van der Waals surface area contributed by atoms with Crippen LogP contribution < -0.4 is 0 Å². The van der Waals surface area contributed by atoms with E-state index >= 15 is 0 Å². The number of rotatable bonds is 2. The van der Waals surface area contributed by atoms with Crippen LogP contribution in [0, 0.1) is 0 Å². The van der Waals surface area contributed by atoms with Gasteiger partial charge in [0.25, 0.3) is 0 Å². The Hall–Kier alpha value is -0.930. The van der Waals surface area contributed by atoms with Crippen molar-refractivity contribution in [3.05, 3.63) is 30.1 Å². The molecular formula is C16H24N2O. The third-order valence-corrected chi connectivity index (χ3v) is 4.87. The van der Waals surface area contributed by atoms with E-state index < -0.39 is 0 Å². The van der Waals surface area contributed by atoms with Crippen LogP contribution in [0.1, 0.15) is 50.0 Å². The van der Waals surface area contributed by atoms with Gasteiger partial charge in [-0.15, -0.1) is 0 Å². The number of aromatic nitrogens is 1. The summed E-state index contributed by atoms with van der Waals surface area (Å²) in [5.74, 6) is 0.681. The molecular weight excluding hydrogens is 236 g/mol. The maximum atomic E-state index is 10.2. The monoisotopic (exact) mass is 260 g/mol. The molecule has 104 valence electrons. The smallest absolute Gasteiger partial charge is 0.0695 e. The molecule has 2 atom stereocenters. The average molecular weight is 260 g/mol. The first-order chi connectivity index (χ1) is 9.34. The van der Waals surface area contributed by atoms with Gasteiger partial charge in [0.1, 0.15) is 0 Å². The van der Waals surface area contributed by atoms with Crippen LogP contribution in [0.15, 0.2) is 24.5 Å². The van der Waals surface area contributed by atoms with Gasteiger partial charge < -0.3 is 5.11 Å². The van der Waals surface area contributed by atoms with Crippen LogP contribution in [0.3, 0.4) is 0 Å². The van der Waals surface area contributed by atoms with Gasteiger partial charge in [-0.2, -0.15) is 0 Å². The molecule has 0 unspecified atom stereocenters. The summed E-state index contributed by atoms with van der Waals surface area (Å²) in [6, 6.07) is 4.72. The molecule has 0 radical (unpaired) electrons. The van der Waals surface area contributed by atoms with Crippen LogP contribution in [-0.4, -0.2) is 40.2 Å². The number of hydrogen-bond donors (Lipinski definition) is 1. The second-order valence-electron chi connectivity index (χ2n) is 6.01. The number of likely N-dealkylation sites (tertiary alicyclic amines) is 1. The van der Waals surface area contributed by atoms with E-state index in [9.17, 15) is 5.11 Å². The standard InChI is InChI=1S/C16H24N2O/c19-16-4-2-1-3-15(16)18-11-7-14(8-12-18)13-5-9-17-10-6-13/h5-6,9-10,14-16,19H,1-4,7-8,11-12H2/t15-,16-/m1/s1. The maximum absolute atomic E-state index is 10.2. The molecule has 1 aliphatic heterocycles. The van der Waals surface area contributed by atoms with Crippen LogP contribution in [-0.2, 0) is 0 Å². The summed E-state index contributed by atoms with van der Waals surface area (Å²) >= 11 is 0. The Morgan fingerprint density at radius 3 is 2.37 bits per heavy atom. The molecule has 0 spiro atoms. The number of piperidine rings is 1. The first-order valence-electron chi connectivity index (χ1n) is 7.66. The molecule has 3 heteroatoms. The average Bonchev–Trinajstić information content (AvgIpc) is 2.49. The van der Waals surface area contributed by atoms with Gasteiger partial charge in [-0.05, 0) is 62.4 Å². The molecule has 1 aromatic heterocycles. The first-order valence-corrected chi connectivity index (χ1v) is 7.66. The lowest BCUT2D eigenvalue weighted by molar-refractivity contribution is 0.00870. The van der Waals surface area contributed by atoms with Crippen molar-refractivity contribution in [2.24, 2.45) is 0 Å². The normalized spacial score (nSPS) is 30.4. The molecule has 0 aromatic carbocycles. The Kier molecular flexibility index (Phi) is 4.14. The summed E-state index contributed by atoms with van der Waals surface area (Å²) in [6.45, 7) is 2.27. The van der Waals surface area contributed by atoms with Gasteiger partial charge in [0.05, 0.1) is 6.10 Å². The molecule has 1 aromatic rings. The molecule has 2 heterocycles. The van der Waals surface area contributed by atoms with Gasteiger partial charge in [0.2, 0.25) is 0 Å². The van der Waals surface area contributed by atoms with Crippen molar-refractivity contribution in [2.75, 3.05) is 13.1 Å². The zero-order valence-corrected chi connectivity index (χ0v) is 11.5. The predicted molar refractivity (Wildman–Crippen MR) is 76.0 cm³/mol. The number of aliphatic hydroxyl groups excluding tert-OH is 1. The van der Waals surface area contributed by atoms with E-state index in [1.165, 1.54) is 37.7 Å². The van der Waals surface area contributed by atoms with Gasteiger partial charge in [0, 0.05) is 18.4 Å². The van der Waals surface area contributed by atoms with Crippen LogP contribution in [0.5, 0.6) is 0 Å². The van der Waals surface area contributed by atoms with E-state index in [2.05, 4.69) is 22.0 Å². The van der Waals surface area contributed by atoms with E-state index in [4.69, 9.17) is 0 Å². The fourth-order valence-corrected chi connectivity index (χ4v) is 3.72. The number of aliphatic hydroxyl groups is 1. The highest BCUT2D eigenvalue weighted by molar-refractivity contribution is 5.16. The molecule has 1 aliphatic carbocycles. The lowest BCUT2D eigenvalue weighted by Gasteiger charge is -2.41. The minimum Gasteiger partial charge on any atom is -0.391 e. The second-order valence-corrected chi connectivity index (χ2v) is 6.01. The molecule has 3 nitrogen and oxygen atoms in total. The van der Waals surface area contributed by atoms with Crippen molar-refractivity contribution in [2.45, 2.75) is 56.6 Å². The summed E-state index contributed by atoms with van der Waals surface area (Å²) in [5, 5.41) is 10.2. The Balaban J connectivity index is 1.57. The topological polar surface area (TPSA) is 36.4 Å². The van der Waals surface area contributed by atoms with E-state index in [-0.39, 0.29) is 6.10 Å². The summed E-state index contributed by atoms with van der Waals surface area (Å²) < 4.78 is 0. The maximum Gasteiger partial charge on any atom is 0.0695 e. The highest BCUT2D eigenvalue weighted by atomic mass is 16.3. The quantitative estimate of drug-likeness (QED) is 0.888. The minimum atomic E-state index is -0.0915. The van der Waals surface area contributed by atoms with Gasteiger partial charge in [-0.1, -0.05) is 12.8 Å². The van der Waals surface area contributed by atoms with Crippen molar-refractivity contribution < 1.29 is 5.11 Å². The predicted octanol–water partition coefficient (Wildman–Crippen LogP) is 2.56.